The molecule has 0 spiro atoms. The van der Waals surface area contributed by atoms with Crippen LogP contribution in [0.25, 0.3) is 11.1 Å². The van der Waals surface area contributed by atoms with Crippen LogP contribution in [0.5, 0.6) is 5.88 Å². The molecule has 0 radical (unpaired) electrons. The monoisotopic (exact) mass is 466 g/mol. The van der Waals surface area contributed by atoms with Crippen molar-refractivity contribution in [1.29, 1.82) is 5.26 Å². The lowest BCUT2D eigenvalue weighted by atomic mass is 10.1. The molecule has 35 heavy (non-hydrogen) atoms. The molecule has 0 bridgehead atoms. The van der Waals surface area contributed by atoms with Crippen molar-refractivity contribution in [3.63, 3.8) is 0 Å². The fraction of sp³-hybridized carbons (Fsp3) is 0.185. The zero-order chi connectivity index (χ0) is 24.5. The molecule has 1 atom stereocenters. The molecule has 0 saturated heterocycles. The standard InChI is InChI=1S/C21H20N6O2.C6H6/c1-27-13-17(11-25-27)16-8-18-21(24-10-16)29-19(20(28)26-18)12-23-7-6-14-2-4-15(9-22)5-3-14;1-2-4-6-5-3-1/h2-5,8,10-11,13,19,23H,6-7,12H2,1H3,(H,26,28);1-6H. The van der Waals surface area contributed by atoms with Crippen LogP contribution >= 0.6 is 0 Å². The molecule has 5 rings (SSSR count). The van der Waals surface area contributed by atoms with Gasteiger partial charge in [-0.15, -0.1) is 0 Å². The summed E-state index contributed by atoms with van der Waals surface area (Å²) in [6, 6.07) is 23.4. The molecule has 8 heteroatoms. The number of nitrogens with zero attached hydrogens (tertiary/aromatic N) is 4. The van der Waals surface area contributed by atoms with E-state index in [9.17, 15) is 4.79 Å². The Morgan fingerprint density at radius 2 is 1.80 bits per heavy atom. The summed E-state index contributed by atoms with van der Waals surface area (Å²) in [4.78, 5) is 16.7. The molecule has 176 valence electrons. The fourth-order valence-electron chi connectivity index (χ4n) is 3.50. The van der Waals surface area contributed by atoms with Gasteiger partial charge in [0.15, 0.2) is 6.10 Å². The average molecular weight is 467 g/mol. The van der Waals surface area contributed by atoms with E-state index in [4.69, 9.17) is 10.00 Å². The largest absolute Gasteiger partial charge is 0.461 e. The average Bonchev–Trinajstić information content (AvgIpc) is 3.34. The number of nitrogens with one attached hydrogen (secondary N) is 2. The summed E-state index contributed by atoms with van der Waals surface area (Å²) < 4.78 is 7.49. The van der Waals surface area contributed by atoms with Crippen molar-refractivity contribution in [3.8, 4) is 23.1 Å². The first-order valence-electron chi connectivity index (χ1n) is 11.3. The summed E-state index contributed by atoms with van der Waals surface area (Å²) in [6.07, 6.45) is 5.50. The molecular weight excluding hydrogens is 440 g/mol. The maximum absolute atomic E-state index is 12.4. The van der Waals surface area contributed by atoms with Gasteiger partial charge in [0.1, 0.15) is 5.69 Å². The Balaban J connectivity index is 0.000000421. The van der Waals surface area contributed by atoms with Gasteiger partial charge in [-0.25, -0.2) is 4.98 Å². The molecule has 1 amide bonds. The number of benzene rings is 2. The second-order valence-electron chi connectivity index (χ2n) is 7.99. The number of aryl methyl sites for hydroxylation is 1. The van der Waals surface area contributed by atoms with Crippen molar-refractivity contribution < 1.29 is 9.53 Å². The van der Waals surface area contributed by atoms with Crippen molar-refractivity contribution >= 4 is 11.6 Å². The first kappa shape index (κ1) is 23.7. The molecule has 1 aliphatic heterocycles. The van der Waals surface area contributed by atoms with Gasteiger partial charge in [-0.05, 0) is 36.7 Å². The van der Waals surface area contributed by atoms with Crippen LogP contribution in [0, 0.1) is 11.3 Å². The van der Waals surface area contributed by atoms with Crippen molar-refractivity contribution in [2.24, 2.45) is 7.05 Å². The predicted octanol–water partition coefficient (Wildman–Crippen LogP) is 3.57. The van der Waals surface area contributed by atoms with Crippen molar-refractivity contribution in [2.75, 3.05) is 18.4 Å². The highest BCUT2D eigenvalue weighted by Crippen LogP contribution is 2.31. The molecule has 2 aromatic carbocycles. The SMILES string of the molecule is Cn1cc(-c2cnc3c(c2)NC(=O)C(CNCCc2ccc(C#N)cc2)O3)cn1.c1ccccc1. The van der Waals surface area contributed by atoms with Gasteiger partial charge in [-0.1, -0.05) is 48.5 Å². The van der Waals surface area contributed by atoms with Crippen molar-refractivity contribution in [1.82, 2.24) is 20.1 Å². The third kappa shape index (κ3) is 6.53. The van der Waals surface area contributed by atoms with E-state index in [1.165, 1.54) is 0 Å². The molecule has 4 aromatic rings. The van der Waals surface area contributed by atoms with Crippen LogP contribution in [0.15, 0.2) is 85.3 Å². The highest BCUT2D eigenvalue weighted by atomic mass is 16.5. The summed E-state index contributed by atoms with van der Waals surface area (Å²) in [5.74, 6) is 0.213. The summed E-state index contributed by atoms with van der Waals surface area (Å²) in [5.41, 5.74) is 4.11. The van der Waals surface area contributed by atoms with E-state index in [1.807, 2.05) is 67.8 Å². The van der Waals surface area contributed by atoms with Crippen LogP contribution in [-0.4, -0.2) is 39.9 Å². The Bertz CT molecular complexity index is 1270. The third-order valence-corrected chi connectivity index (χ3v) is 5.36. The van der Waals surface area contributed by atoms with Gasteiger partial charge in [0.05, 0.1) is 17.8 Å². The van der Waals surface area contributed by atoms with Gasteiger partial charge in [0.2, 0.25) is 5.88 Å². The lowest BCUT2D eigenvalue weighted by Gasteiger charge is -2.25. The molecule has 2 N–H and O–H groups in total. The molecule has 1 unspecified atom stereocenters. The first-order chi connectivity index (χ1) is 17.1. The molecule has 0 saturated carbocycles. The van der Waals surface area contributed by atoms with E-state index in [1.54, 1.807) is 29.2 Å². The van der Waals surface area contributed by atoms with Gasteiger partial charge in [-0.2, -0.15) is 10.4 Å². The number of anilines is 1. The minimum Gasteiger partial charge on any atom is -0.461 e. The Labute approximate surface area is 204 Å². The van der Waals surface area contributed by atoms with E-state index in [2.05, 4.69) is 26.8 Å². The number of amides is 1. The quantitative estimate of drug-likeness (QED) is 0.421. The van der Waals surface area contributed by atoms with Crippen LogP contribution in [-0.2, 0) is 18.3 Å². The number of aromatic nitrogens is 3. The minimum atomic E-state index is -0.639. The Kier molecular flexibility index (Phi) is 7.84. The summed E-state index contributed by atoms with van der Waals surface area (Å²) in [5, 5.41) is 19.1. The van der Waals surface area contributed by atoms with Crippen LogP contribution in [0.3, 0.4) is 0 Å². The number of carbonyl (C=O) groups is 1. The molecule has 8 nitrogen and oxygen atoms in total. The number of hydrogen-bond donors (Lipinski definition) is 2. The van der Waals surface area contributed by atoms with Crippen LogP contribution in [0.4, 0.5) is 5.69 Å². The fourth-order valence-corrected chi connectivity index (χ4v) is 3.50. The molecule has 0 fully saturated rings. The number of hydrogen-bond acceptors (Lipinski definition) is 6. The van der Waals surface area contributed by atoms with E-state index < -0.39 is 6.10 Å². The van der Waals surface area contributed by atoms with Gasteiger partial charge in [-0.3, -0.25) is 9.48 Å². The Morgan fingerprint density at radius 3 is 2.43 bits per heavy atom. The maximum Gasteiger partial charge on any atom is 0.267 e. The smallest absolute Gasteiger partial charge is 0.267 e. The van der Waals surface area contributed by atoms with Crippen molar-refractivity contribution in [3.05, 3.63) is 96.4 Å². The van der Waals surface area contributed by atoms with Crippen LogP contribution in [0.1, 0.15) is 11.1 Å². The number of rotatable bonds is 6. The predicted molar refractivity (Wildman–Crippen MR) is 134 cm³/mol. The van der Waals surface area contributed by atoms with Gasteiger partial charge in [0, 0.05) is 37.1 Å². The van der Waals surface area contributed by atoms with E-state index in [0.29, 0.717) is 30.2 Å². The molecule has 1 aliphatic rings. The highest BCUT2D eigenvalue weighted by molar-refractivity contribution is 5.98. The molecule has 3 heterocycles. The molecular formula is C27H26N6O2. The number of nitriles is 1. The van der Waals surface area contributed by atoms with E-state index in [-0.39, 0.29) is 5.91 Å². The van der Waals surface area contributed by atoms with E-state index >= 15 is 0 Å². The molecule has 0 aliphatic carbocycles. The molecule has 2 aromatic heterocycles. The van der Waals surface area contributed by atoms with Crippen LogP contribution in [0.2, 0.25) is 0 Å². The summed E-state index contributed by atoms with van der Waals surface area (Å²) in [7, 11) is 1.85. The Morgan fingerprint density at radius 1 is 1.09 bits per heavy atom. The Hall–Kier alpha value is -4.48. The zero-order valence-electron chi connectivity index (χ0n) is 19.4. The summed E-state index contributed by atoms with van der Waals surface area (Å²) in [6.45, 7) is 1.08. The maximum atomic E-state index is 12.4. The van der Waals surface area contributed by atoms with E-state index in [0.717, 1.165) is 23.1 Å². The summed E-state index contributed by atoms with van der Waals surface area (Å²) >= 11 is 0. The van der Waals surface area contributed by atoms with Crippen LogP contribution < -0.4 is 15.4 Å². The number of pyridine rings is 1. The number of fused-ring (bicyclic) bond motifs is 1. The number of ether oxygens (including phenoxy) is 1. The second kappa shape index (κ2) is 11.6. The normalized spacial score (nSPS) is 13.9. The first-order valence-corrected chi connectivity index (χ1v) is 11.3. The highest BCUT2D eigenvalue weighted by Gasteiger charge is 2.28. The topological polar surface area (TPSA) is 105 Å². The third-order valence-electron chi connectivity index (χ3n) is 5.36. The second-order valence-corrected chi connectivity index (χ2v) is 7.99. The van der Waals surface area contributed by atoms with Gasteiger partial charge >= 0.3 is 0 Å². The lowest BCUT2D eigenvalue weighted by molar-refractivity contribution is -0.123. The number of carbonyl (C=O) groups excluding carboxylic acids is 1. The van der Waals surface area contributed by atoms with Gasteiger partial charge < -0.3 is 15.4 Å². The lowest BCUT2D eigenvalue weighted by Crippen LogP contribution is -2.44. The van der Waals surface area contributed by atoms with Gasteiger partial charge in [0.25, 0.3) is 5.91 Å². The van der Waals surface area contributed by atoms with Crippen molar-refractivity contribution in [2.45, 2.75) is 12.5 Å². The zero-order valence-corrected chi connectivity index (χ0v) is 19.4. The minimum absolute atomic E-state index is 0.200.